The lowest BCUT2D eigenvalue weighted by molar-refractivity contribution is 0.171. The van der Waals surface area contributed by atoms with Crippen LogP contribution in [0.4, 0.5) is 0 Å². The van der Waals surface area contributed by atoms with Crippen LogP contribution in [0.3, 0.4) is 0 Å². The molecule has 0 saturated heterocycles. The van der Waals surface area contributed by atoms with Gasteiger partial charge in [0.05, 0.1) is 0 Å². The summed E-state index contributed by atoms with van der Waals surface area (Å²) in [5, 5.41) is 0.726. The fourth-order valence-corrected chi connectivity index (χ4v) is 2.15. The Kier molecular flexibility index (Phi) is 4.38. The molecule has 1 atom stereocenters. The second-order valence-electron chi connectivity index (χ2n) is 4.37. The molecular weight excluding hydrogens is 248 g/mol. The summed E-state index contributed by atoms with van der Waals surface area (Å²) in [6.45, 7) is 5.34. The largest absolute Gasteiger partial charge is 0.486 e. The van der Waals surface area contributed by atoms with Crippen LogP contribution >= 0.6 is 11.6 Å². The van der Waals surface area contributed by atoms with Gasteiger partial charge >= 0.3 is 0 Å². The Balaban J connectivity index is 2.18. The third-order valence-corrected chi connectivity index (χ3v) is 3.11. The summed E-state index contributed by atoms with van der Waals surface area (Å²) in [5.41, 5.74) is 1.07. The van der Waals surface area contributed by atoms with E-state index in [1.54, 1.807) is 0 Å². The highest BCUT2D eigenvalue weighted by molar-refractivity contribution is 6.31. The Morgan fingerprint density at radius 3 is 2.61 bits per heavy atom. The summed E-state index contributed by atoms with van der Waals surface area (Å²) < 4.78 is 11.1. The Morgan fingerprint density at radius 1 is 1.28 bits per heavy atom. The summed E-state index contributed by atoms with van der Waals surface area (Å²) >= 11 is 6.26. The molecule has 1 aromatic carbocycles. The quantitative estimate of drug-likeness (QED) is 0.759. The highest BCUT2D eigenvalue weighted by Crippen LogP contribution is 2.36. The van der Waals surface area contributed by atoms with Crippen molar-refractivity contribution in [1.82, 2.24) is 0 Å². The minimum Gasteiger partial charge on any atom is -0.486 e. The number of rotatable bonds is 2. The van der Waals surface area contributed by atoms with Crippen molar-refractivity contribution in [1.29, 1.82) is 0 Å². The average Bonchev–Trinajstić information content (AvgIpc) is 2.37. The Hall–Kier alpha value is -1.33. The molecule has 1 unspecified atom stereocenters. The molecule has 0 radical (unpaired) electrons. The minimum atomic E-state index is 0.296. The van der Waals surface area contributed by atoms with Crippen molar-refractivity contribution in [2.24, 2.45) is 5.92 Å². The van der Waals surface area contributed by atoms with Crippen LogP contribution in [0, 0.1) is 17.8 Å². The van der Waals surface area contributed by atoms with Gasteiger partial charge in [0.2, 0.25) is 0 Å². The first-order valence-corrected chi connectivity index (χ1v) is 6.65. The standard InChI is InChI=1S/C15H17ClO2/c1-3-4-5-11(2)8-12-9-14-15(10-13(12)16)18-7-6-17-14/h9-11H,3,6-8H2,1-2H3. The summed E-state index contributed by atoms with van der Waals surface area (Å²) in [7, 11) is 0. The highest BCUT2D eigenvalue weighted by atomic mass is 35.5. The third-order valence-electron chi connectivity index (χ3n) is 2.76. The van der Waals surface area contributed by atoms with Gasteiger partial charge in [0.1, 0.15) is 13.2 Å². The van der Waals surface area contributed by atoms with E-state index in [0.29, 0.717) is 19.1 Å². The molecule has 2 rings (SSSR count). The van der Waals surface area contributed by atoms with Crippen molar-refractivity contribution >= 4 is 11.6 Å². The normalized spacial score (nSPS) is 14.6. The van der Waals surface area contributed by atoms with Crippen LogP contribution in [0.25, 0.3) is 0 Å². The predicted molar refractivity (Wildman–Crippen MR) is 73.4 cm³/mol. The number of benzene rings is 1. The van der Waals surface area contributed by atoms with Crippen molar-refractivity contribution < 1.29 is 9.47 Å². The molecule has 96 valence electrons. The molecule has 0 bridgehead atoms. The number of hydrogen-bond donors (Lipinski definition) is 0. The molecule has 1 aliphatic heterocycles. The fourth-order valence-electron chi connectivity index (χ4n) is 1.92. The van der Waals surface area contributed by atoms with E-state index in [0.717, 1.165) is 34.9 Å². The first kappa shape index (κ1) is 13.1. The van der Waals surface area contributed by atoms with Crippen molar-refractivity contribution in [3.63, 3.8) is 0 Å². The van der Waals surface area contributed by atoms with Crippen LogP contribution in [-0.4, -0.2) is 13.2 Å². The average molecular weight is 265 g/mol. The second kappa shape index (κ2) is 6.02. The molecule has 2 nitrogen and oxygen atoms in total. The van der Waals surface area contributed by atoms with E-state index >= 15 is 0 Å². The van der Waals surface area contributed by atoms with Crippen LogP contribution in [0.1, 0.15) is 25.8 Å². The maximum Gasteiger partial charge on any atom is 0.162 e. The zero-order chi connectivity index (χ0) is 13.0. The van der Waals surface area contributed by atoms with Gasteiger partial charge in [0.15, 0.2) is 11.5 Å². The summed E-state index contributed by atoms with van der Waals surface area (Å²) in [4.78, 5) is 0. The van der Waals surface area contributed by atoms with Gasteiger partial charge < -0.3 is 9.47 Å². The van der Waals surface area contributed by atoms with Crippen molar-refractivity contribution in [2.45, 2.75) is 26.7 Å². The van der Waals surface area contributed by atoms with Crippen LogP contribution in [0.5, 0.6) is 11.5 Å². The lowest BCUT2D eigenvalue weighted by Gasteiger charge is -2.20. The molecule has 0 N–H and O–H groups in total. The first-order valence-electron chi connectivity index (χ1n) is 6.27. The first-order chi connectivity index (χ1) is 8.70. The lowest BCUT2D eigenvalue weighted by atomic mass is 10.0. The summed E-state index contributed by atoms with van der Waals surface area (Å²) in [6.07, 6.45) is 1.72. The molecule has 18 heavy (non-hydrogen) atoms. The molecule has 0 fully saturated rings. The molecule has 1 heterocycles. The van der Waals surface area contributed by atoms with Gasteiger partial charge in [0, 0.05) is 23.4 Å². The van der Waals surface area contributed by atoms with Gasteiger partial charge in [-0.2, -0.15) is 0 Å². The minimum absolute atomic E-state index is 0.296. The molecule has 0 aromatic heterocycles. The van der Waals surface area contributed by atoms with Crippen LogP contribution in [0.15, 0.2) is 12.1 Å². The molecule has 1 aliphatic rings. The van der Waals surface area contributed by atoms with Crippen molar-refractivity contribution in [2.75, 3.05) is 13.2 Å². The van der Waals surface area contributed by atoms with Gasteiger partial charge in [-0.3, -0.25) is 0 Å². The van der Waals surface area contributed by atoms with E-state index in [1.165, 1.54) is 0 Å². The molecule has 0 saturated carbocycles. The molecule has 0 aliphatic carbocycles. The zero-order valence-corrected chi connectivity index (χ0v) is 11.5. The SMILES string of the molecule is CCC#CC(C)Cc1cc2c(cc1Cl)OCCO2. The molecule has 0 spiro atoms. The zero-order valence-electron chi connectivity index (χ0n) is 10.8. The molecule has 0 amide bonds. The second-order valence-corrected chi connectivity index (χ2v) is 4.77. The number of ether oxygens (including phenoxy) is 2. The van der Waals surface area contributed by atoms with Gasteiger partial charge in [-0.25, -0.2) is 0 Å². The van der Waals surface area contributed by atoms with E-state index in [2.05, 4.69) is 25.7 Å². The summed E-state index contributed by atoms with van der Waals surface area (Å²) in [5.74, 6) is 8.13. The maximum atomic E-state index is 6.26. The van der Waals surface area contributed by atoms with Gasteiger partial charge in [-0.05, 0) is 18.1 Å². The highest BCUT2D eigenvalue weighted by Gasteiger charge is 2.15. The van der Waals surface area contributed by atoms with Crippen molar-refractivity contribution in [3.8, 4) is 23.3 Å². The smallest absolute Gasteiger partial charge is 0.162 e. The molecular formula is C15H17ClO2. The Morgan fingerprint density at radius 2 is 1.94 bits per heavy atom. The third kappa shape index (κ3) is 3.11. The van der Waals surface area contributed by atoms with Crippen LogP contribution in [0.2, 0.25) is 5.02 Å². The van der Waals surface area contributed by atoms with E-state index in [9.17, 15) is 0 Å². The van der Waals surface area contributed by atoms with Crippen LogP contribution < -0.4 is 9.47 Å². The van der Waals surface area contributed by atoms with E-state index in [1.807, 2.05) is 12.1 Å². The predicted octanol–water partition coefficient (Wildman–Crippen LogP) is 3.70. The van der Waals surface area contributed by atoms with E-state index < -0.39 is 0 Å². The Labute approximate surface area is 113 Å². The molecule has 3 heteroatoms. The van der Waals surface area contributed by atoms with Gasteiger partial charge in [0.25, 0.3) is 0 Å². The summed E-state index contributed by atoms with van der Waals surface area (Å²) in [6, 6.07) is 3.81. The fraction of sp³-hybridized carbons (Fsp3) is 0.467. The van der Waals surface area contributed by atoms with Gasteiger partial charge in [-0.1, -0.05) is 31.4 Å². The van der Waals surface area contributed by atoms with E-state index in [4.69, 9.17) is 21.1 Å². The number of fused-ring (bicyclic) bond motifs is 1. The lowest BCUT2D eigenvalue weighted by Crippen LogP contribution is -2.15. The molecule has 1 aromatic rings. The Bertz CT molecular complexity index is 485. The maximum absolute atomic E-state index is 6.26. The van der Waals surface area contributed by atoms with E-state index in [-0.39, 0.29) is 0 Å². The number of hydrogen-bond acceptors (Lipinski definition) is 2. The monoisotopic (exact) mass is 264 g/mol. The number of halogens is 1. The topological polar surface area (TPSA) is 18.5 Å². The van der Waals surface area contributed by atoms with Crippen molar-refractivity contribution in [3.05, 3.63) is 22.7 Å². The van der Waals surface area contributed by atoms with Crippen LogP contribution in [-0.2, 0) is 6.42 Å². The van der Waals surface area contributed by atoms with Gasteiger partial charge in [-0.15, -0.1) is 5.92 Å².